The van der Waals surface area contributed by atoms with Gasteiger partial charge in [-0.2, -0.15) is 0 Å². The Balaban J connectivity index is 1.54. The maximum absolute atomic E-state index is 10.2. The molecule has 2 aliphatic heterocycles. The molecule has 1 unspecified atom stereocenters. The molecule has 2 heterocycles. The van der Waals surface area contributed by atoms with Crippen LogP contribution in [0.4, 0.5) is 5.69 Å². The third-order valence-electron chi connectivity index (χ3n) is 3.96. The smallest absolute Gasteiger partial charge is 0.231 e. The summed E-state index contributed by atoms with van der Waals surface area (Å²) in [5.74, 6) is 2.04. The molecule has 2 aromatic rings. The van der Waals surface area contributed by atoms with Crippen LogP contribution < -0.4 is 19.7 Å². The fraction of sp³-hybridized carbons (Fsp3) is 0.167. The van der Waals surface area contributed by atoms with Crippen LogP contribution >= 0.6 is 0 Å². The lowest BCUT2D eigenvalue weighted by molar-refractivity contribution is 0.174. The number of guanidine groups is 1. The summed E-state index contributed by atoms with van der Waals surface area (Å²) in [5, 5.41) is 13.4. The van der Waals surface area contributed by atoms with Gasteiger partial charge >= 0.3 is 0 Å². The molecule has 0 radical (unpaired) electrons. The van der Waals surface area contributed by atoms with E-state index in [-0.39, 0.29) is 6.79 Å². The highest BCUT2D eigenvalue weighted by Gasteiger charge is 2.23. The third kappa shape index (κ3) is 2.68. The van der Waals surface area contributed by atoms with E-state index in [2.05, 4.69) is 10.3 Å². The second kappa shape index (κ2) is 5.90. The Hall–Kier alpha value is -2.99. The van der Waals surface area contributed by atoms with E-state index in [1.54, 1.807) is 0 Å². The van der Waals surface area contributed by atoms with Crippen LogP contribution in [0.5, 0.6) is 11.5 Å². The van der Waals surface area contributed by atoms with Gasteiger partial charge in [0.2, 0.25) is 12.8 Å². The number of aliphatic hydroxyl groups excluding tert-OH is 1. The molecule has 0 saturated carbocycles. The van der Waals surface area contributed by atoms with Crippen molar-refractivity contribution in [3.8, 4) is 11.5 Å². The van der Waals surface area contributed by atoms with Gasteiger partial charge in [0.1, 0.15) is 0 Å². The molecule has 0 amide bonds. The van der Waals surface area contributed by atoms with Crippen molar-refractivity contribution in [3.63, 3.8) is 0 Å². The van der Waals surface area contributed by atoms with Gasteiger partial charge in [-0.25, -0.2) is 4.99 Å². The number of para-hydroxylation sites is 1. The van der Waals surface area contributed by atoms with Crippen LogP contribution in [0.2, 0.25) is 0 Å². The molecule has 2 aromatic carbocycles. The highest BCUT2D eigenvalue weighted by Crippen LogP contribution is 2.33. The van der Waals surface area contributed by atoms with Crippen molar-refractivity contribution in [3.05, 3.63) is 59.8 Å². The van der Waals surface area contributed by atoms with Crippen molar-refractivity contribution in [1.82, 2.24) is 5.32 Å². The number of fused-ring (bicyclic) bond motifs is 1. The topological polar surface area (TPSA) is 66.3 Å². The van der Waals surface area contributed by atoms with Gasteiger partial charge in [0, 0.05) is 12.7 Å². The molecule has 6 heteroatoms. The molecule has 0 aliphatic carbocycles. The van der Waals surface area contributed by atoms with Gasteiger partial charge in [-0.15, -0.1) is 0 Å². The van der Waals surface area contributed by atoms with Crippen LogP contribution in [0, 0.1) is 0 Å². The molecule has 0 fully saturated rings. The highest BCUT2D eigenvalue weighted by molar-refractivity contribution is 5.99. The first kappa shape index (κ1) is 14.6. The summed E-state index contributed by atoms with van der Waals surface area (Å²) >= 11 is 0. The Morgan fingerprint density at radius 1 is 1.17 bits per heavy atom. The summed E-state index contributed by atoms with van der Waals surface area (Å²) in [4.78, 5) is 6.17. The second-order valence-corrected chi connectivity index (χ2v) is 5.56. The fourth-order valence-electron chi connectivity index (χ4n) is 2.65. The summed E-state index contributed by atoms with van der Waals surface area (Å²) in [6.07, 6.45) is 0.929. The third-order valence-corrected chi connectivity index (χ3v) is 3.96. The number of aliphatic imine (C=N–C) groups is 1. The number of anilines is 1. The average Bonchev–Trinajstić information content (AvgIpc) is 3.21. The van der Waals surface area contributed by atoms with E-state index in [9.17, 15) is 5.11 Å². The van der Waals surface area contributed by atoms with E-state index in [0.29, 0.717) is 17.4 Å². The van der Waals surface area contributed by atoms with Crippen LogP contribution in [-0.2, 0) is 0 Å². The Labute approximate surface area is 139 Å². The van der Waals surface area contributed by atoms with E-state index in [0.717, 1.165) is 17.0 Å². The van der Waals surface area contributed by atoms with Gasteiger partial charge < -0.3 is 24.8 Å². The molecule has 0 saturated heterocycles. The number of nitrogens with one attached hydrogen (secondary N) is 1. The molecular weight excluding hydrogens is 306 g/mol. The summed E-state index contributed by atoms with van der Waals surface area (Å²) < 4.78 is 10.7. The zero-order chi connectivity index (χ0) is 16.5. The Morgan fingerprint density at radius 3 is 2.79 bits per heavy atom. The normalized spacial score (nSPS) is 20.0. The number of rotatable bonds is 2. The molecule has 6 nitrogen and oxygen atoms in total. The van der Waals surface area contributed by atoms with Crippen molar-refractivity contribution in [1.29, 1.82) is 0 Å². The van der Waals surface area contributed by atoms with Crippen LogP contribution in [0.3, 0.4) is 0 Å². The molecule has 122 valence electrons. The van der Waals surface area contributed by atoms with Crippen molar-refractivity contribution >= 4 is 17.7 Å². The number of hydrogen-bond acceptors (Lipinski definition) is 6. The standard InChI is InChI=1S/C18H17N3O3/c1-21(13-5-3-2-4-6-13)18-19-14(17(22)20-18)9-12-7-8-15-16(10-12)24-11-23-15/h2-10,17,22H,11H2,1H3,(H,19,20)/b14-9-. The van der Waals surface area contributed by atoms with Crippen LogP contribution in [0.1, 0.15) is 5.56 Å². The van der Waals surface area contributed by atoms with E-state index in [4.69, 9.17) is 9.47 Å². The molecular formula is C18H17N3O3. The van der Waals surface area contributed by atoms with E-state index in [1.165, 1.54) is 0 Å². The number of ether oxygens (including phenoxy) is 2. The van der Waals surface area contributed by atoms with Crippen molar-refractivity contribution in [2.24, 2.45) is 4.99 Å². The van der Waals surface area contributed by atoms with Crippen molar-refractivity contribution in [2.75, 3.05) is 18.7 Å². The summed E-state index contributed by atoms with van der Waals surface area (Å²) in [6, 6.07) is 15.5. The Morgan fingerprint density at radius 2 is 1.96 bits per heavy atom. The predicted molar refractivity (Wildman–Crippen MR) is 92.0 cm³/mol. The highest BCUT2D eigenvalue weighted by atomic mass is 16.7. The minimum absolute atomic E-state index is 0.241. The van der Waals surface area contributed by atoms with Gasteiger partial charge in [-0.05, 0) is 35.9 Å². The van der Waals surface area contributed by atoms with Crippen LogP contribution in [-0.4, -0.2) is 31.1 Å². The zero-order valence-corrected chi connectivity index (χ0v) is 13.1. The molecule has 1 atom stereocenters. The minimum Gasteiger partial charge on any atom is -0.454 e. The molecule has 24 heavy (non-hydrogen) atoms. The molecule has 0 spiro atoms. The van der Waals surface area contributed by atoms with E-state index >= 15 is 0 Å². The summed E-state index contributed by atoms with van der Waals surface area (Å²) in [6.45, 7) is 0.241. The monoisotopic (exact) mass is 323 g/mol. The summed E-state index contributed by atoms with van der Waals surface area (Å²) in [5.41, 5.74) is 2.51. The number of benzene rings is 2. The van der Waals surface area contributed by atoms with Gasteiger partial charge in [-0.1, -0.05) is 24.3 Å². The molecule has 2 N–H and O–H groups in total. The number of aliphatic hydroxyl groups is 1. The van der Waals surface area contributed by atoms with Crippen LogP contribution in [0.25, 0.3) is 6.08 Å². The molecule has 4 rings (SSSR count). The second-order valence-electron chi connectivity index (χ2n) is 5.56. The lowest BCUT2D eigenvalue weighted by Crippen LogP contribution is -2.35. The van der Waals surface area contributed by atoms with E-state index in [1.807, 2.05) is 66.6 Å². The quantitative estimate of drug-likeness (QED) is 0.887. The first-order valence-electron chi connectivity index (χ1n) is 7.63. The average molecular weight is 323 g/mol. The SMILES string of the molecule is CN(C1=NC(O)/C(=C/c2ccc3c(c2)OCO3)N1)c1ccccc1. The zero-order valence-electron chi connectivity index (χ0n) is 13.1. The maximum atomic E-state index is 10.2. The molecule has 0 aromatic heterocycles. The maximum Gasteiger partial charge on any atom is 0.231 e. The summed E-state index contributed by atoms with van der Waals surface area (Å²) in [7, 11) is 1.90. The van der Waals surface area contributed by atoms with Crippen molar-refractivity contribution in [2.45, 2.75) is 6.23 Å². The predicted octanol–water partition coefficient (Wildman–Crippen LogP) is 2.17. The van der Waals surface area contributed by atoms with Gasteiger partial charge in [0.15, 0.2) is 17.7 Å². The Bertz CT molecular complexity index is 818. The molecule has 2 aliphatic rings. The first-order chi connectivity index (χ1) is 11.7. The van der Waals surface area contributed by atoms with E-state index < -0.39 is 6.23 Å². The minimum atomic E-state index is -0.920. The van der Waals surface area contributed by atoms with Gasteiger partial charge in [0.25, 0.3) is 0 Å². The number of hydrogen-bond donors (Lipinski definition) is 2. The fourth-order valence-corrected chi connectivity index (χ4v) is 2.65. The largest absolute Gasteiger partial charge is 0.454 e. The van der Waals surface area contributed by atoms with Gasteiger partial charge in [0.05, 0.1) is 5.70 Å². The lowest BCUT2D eigenvalue weighted by Gasteiger charge is -2.18. The number of nitrogens with zero attached hydrogens (tertiary/aromatic N) is 2. The lowest BCUT2D eigenvalue weighted by atomic mass is 10.1. The molecule has 0 bridgehead atoms. The van der Waals surface area contributed by atoms with Crippen LogP contribution in [0.15, 0.2) is 59.2 Å². The Kier molecular flexibility index (Phi) is 3.59. The van der Waals surface area contributed by atoms with Gasteiger partial charge in [-0.3, -0.25) is 0 Å². The first-order valence-corrected chi connectivity index (χ1v) is 7.63. The van der Waals surface area contributed by atoms with Crippen molar-refractivity contribution < 1.29 is 14.6 Å².